The minimum Gasteiger partial charge on any atom is -0.336 e. The summed E-state index contributed by atoms with van der Waals surface area (Å²) in [6.07, 6.45) is 3.52. The Morgan fingerprint density at radius 1 is 1.46 bits per heavy atom. The lowest BCUT2D eigenvalue weighted by molar-refractivity contribution is -0.126. The zero-order valence-corrected chi connectivity index (χ0v) is 14.9. The molecule has 1 saturated heterocycles. The van der Waals surface area contributed by atoms with Gasteiger partial charge in [0.25, 0.3) is 0 Å². The van der Waals surface area contributed by atoms with E-state index in [2.05, 4.69) is 10.3 Å². The van der Waals surface area contributed by atoms with Crippen molar-refractivity contribution in [3.8, 4) is 5.69 Å². The van der Waals surface area contributed by atoms with E-state index in [-0.39, 0.29) is 11.9 Å². The average molecular weight is 365 g/mol. The van der Waals surface area contributed by atoms with Crippen LogP contribution < -0.4 is 5.32 Å². The minimum absolute atomic E-state index is 0.215. The van der Waals surface area contributed by atoms with Crippen LogP contribution in [0.1, 0.15) is 12.5 Å². The number of halogens is 1. The number of imidazole rings is 1. The molecule has 1 aliphatic rings. The first kappa shape index (κ1) is 16.9. The Balaban J connectivity index is 1.82. The topological polar surface area (TPSA) is 67.2 Å². The fourth-order valence-corrected chi connectivity index (χ4v) is 3.64. The van der Waals surface area contributed by atoms with Gasteiger partial charge in [-0.1, -0.05) is 29.4 Å². The maximum Gasteiger partial charge on any atom is 0.324 e. The van der Waals surface area contributed by atoms with Crippen LogP contribution in [-0.2, 0) is 4.79 Å². The molecule has 0 saturated carbocycles. The van der Waals surface area contributed by atoms with Crippen molar-refractivity contribution in [3.05, 3.63) is 41.2 Å². The molecule has 1 N–H and O–H groups in total. The summed E-state index contributed by atoms with van der Waals surface area (Å²) in [6.45, 7) is 4.63. The molecular formula is C16H17ClN4O2S. The lowest BCUT2D eigenvalue weighted by Crippen LogP contribution is -2.39. The maximum absolute atomic E-state index is 12.4. The Labute approximate surface area is 149 Å². The Morgan fingerprint density at radius 3 is 2.96 bits per heavy atom. The van der Waals surface area contributed by atoms with E-state index in [0.29, 0.717) is 23.3 Å². The van der Waals surface area contributed by atoms with Crippen LogP contribution in [0.15, 0.2) is 35.7 Å². The number of rotatable bonds is 4. The molecule has 1 fully saturated rings. The number of aromatic nitrogens is 2. The van der Waals surface area contributed by atoms with E-state index in [4.69, 9.17) is 11.6 Å². The lowest BCUT2D eigenvalue weighted by atomic mass is 10.2. The molecule has 1 aromatic carbocycles. The summed E-state index contributed by atoms with van der Waals surface area (Å²) >= 11 is 7.52. The number of carbonyl (C=O) groups excluding carboxylic acids is 2. The van der Waals surface area contributed by atoms with Gasteiger partial charge in [-0.25, -0.2) is 9.78 Å². The van der Waals surface area contributed by atoms with Gasteiger partial charge in [-0.3, -0.25) is 14.3 Å². The molecule has 2 aromatic rings. The Hall–Kier alpha value is -1.99. The highest BCUT2D eigenvalue weighted by Crippen LogP contribution is 2.29. The summed E-state index contributed by atoms with van der Waals surface area (Å²) in [7, 11) is 0. The molecule has 6 nitrogen and oxygen atoms in total. The van der Waals surface area contributed by atoms with Crippen LogP contribution in [0.3, 0.4) is 0 Å². The van der Waals surface area contributed by atoms with E-state index in [9.17, 15) is 9.59 Å². The highest BCUT2D eigenvalue weighted by Gasteiger charge is 2.30. The van der Waals surface area contributed by atoms with Crippen LogP contribution in [0, 0.1) is 6.92 Å². The summed E-state index contributed by atoms with van der Waals surface area (Å²) in [4.78, 5) is 29.7. The number of urea groups is 1. The summed E-state index contributed by atoms with van der Waals surface area (Å²) in [5.74, 6) is -0.215. The van der Waals surface area contributed by atoms with Gasteiger partial charge in [-0.05, 0) is 31.5 Å². The number of nitrogens with one attached hydrogen (secondary N) is 1. The monoisotopic (exact) mass is 364 g/mol. The largest absolute Gasteiger partial charge is 0.336 e. The van der Waals surface area contributed by atoms with Crippen molar-refractivity contribution in [2.24, 2.45) is 0 Å². The molecule has 0 bridgehead atoms. The quantitative estimate of drug-likeness (QED) is 0.847. The molecule has 126 valence electrons. The molecule has 3 rings (SSSR count). The van der Waals surface area contributed by atoms with Crippen LogP contribution in [-0.4, -0.2) is 44.7 Å². The lowest BCUT2D eigenvalue weighted by Gasteiger charge is -2.18. The van der Waals surface area contributed by atoms with E-state index in [1.807, 2.05) is 35.9 Å². The Morgan fingerprint density at radius 2 is 2.25 bits per heavy atom. The number of nitrogens with zero attached hydrogens (tertiary/aromatic N) is 3. The number of hydrogen-bond donors (Lipinski definition) is 1. The highest BCUT2D eigenvalue weighted by molar-refractivity contribution is 8.00. The number of amides is 3. The van der Waals surface area contributed by atoms with E-state index < -0.39 is 5.25 Å². The summed E-state index contributed by atoms with van der Waals surface area (Å²) < 4.78 is 1.90. The second-order valence-corrected chi connectivity index (χ2v) is 7.16. The fourth-order valence-electron chi connectivity index (χ4n) is 2.53. The van der Waals surface area contributed by atoms with Crippen LogP contribution in [0.2, 0.25) is 5.02 Å². The van der Waals surface area contributed by atoms with E-state index in [1.54, 1.807) is 13.1 Å². The molecule has 2 heterocycles. The van der Waals surface area contributed by atoms with Crippen molar-refractivity contribution in [1.29, 1.82) is 0 Å². The van der Waals surface area contributed by atoms with Crippen molar-refractivity contribution in [1.82, 2.24) is 19.8 Å². The van der Waals surface area contributed by atoms with Crippen LogP contribution in [0.5, 0.6) is 0 Å². The fraction of sp³-hybridized carbons (Fsp3) is 0.312. The molecule has 0 unspecified atom stereocenters. The van der Waals surface area contributed by atoms with Gasteiger partial charge < -0.3 is 5.32 Å². The molecule has 1 atom stereocenters. The van der Waals surface area contributed by atoms with Crippen LogP contribution in [0.4, 0.5) is 4.79 Å². The average Bonchev–Trinajstić information content (AvgIpc) is 3.18. The highest BCUT2D eigenvalue weighted by atomic mass is 35.5. The predicted molar refractivity (Wildman–Crippen MR) is 93.7 cm³/mol. The van der Waals surface area contributed by atoms with Crippen molar-refractivity contribution in [2.45, 2.75) is 24.3 Å². The molecule has 0 aliphatic carbocycles. The molecule has 0 spiro atoms. The van der Waals surface area contributed by atoms with Crippen LogP contribution >= 0.6 is 23.4 Å². The Bertz CT molecular complexity index is 792. The number of carbonyl (C=O) groups is 2. The van der Waals surface area contributed by atoms with Crippen molar-refractivity contribution >= 4 is 35.3 Å². The summed E-state index contributed by atoms with van der Waals surface area (Å²) in [5.41, 5.74) is 1.86. The third kappa shape index (κ3) is 3.14. The first-order valence-corrected chi connectivity index (χ1v) is 8.79. The molecule has 8 heteroatoms. The van der Waals surface area contributed by atoms with Crippen molar-refractivity contribution in [2.75, 3.05) is 13.1 Å². The van der Waals surface area contributed by atoms with Gasteiger partial charge >= 0.3 is 6.03 Å². The van der Waals surface area contributed by atoms with Gasteiger partial charge in [0.2, 0.25) is 5.91 Å². The molecule has 0 radical (unpaired) electrons. The first-order chi connectivity index (χ1) is 11.5. The predicted octanol–water partition coefficient (Wildman–Crippen LogP) is 2.87. The summed E-state index contributed by atoms with van der Waals surface area (Å²) in [6, 6.07) is 5.33. The zero-order valence-electron chi connectivity index (χ0n) is 13.3. The van der Waals surface area contributed by atoms with Crippen molar-refractivity contribution < 1.29 is 9.59 Å². The van der Waals surface area contributed by atoms with E-state index in [0.717, 1.165) is 11.3 Å². The number of benzene rings is 1. The minimum atomic E-state index is -0.422. The van der Waals surface area contributed by atoms with Gasteiger partial charge in [0, 0.05) is 30.5 Å². The van der Waals surface area contributed by atoms with Gasteiger partial charge in [-0.15, -0.1) is 0 Å². The number of hydrogen-bond acceptors (Lipinski definition) is 4. The molecular weight excluding hydrogens is 348 g/mol. The molecule has 1 aromatic heterocycles. The van der Waals surface area contributed by atoms with Gasteiger partial charge in [-0.2, -0.15) is 0 Å². The number of imide groups is 1. The number of thioether (sulfide) groups is 1. The van der Waals surface area contributed by atoms with Crippen LogP contribution in [0.25, 0.3) is 5.69 Å². The summed E-state index contributed by atoms with van der Waals surface area (Å²) in [5, 5.41) is 3.57. The SMILES string of the molecule is Cc1c(Cl)cccc1-n1ccnc1S[C@@H](C)C(=O)N1CCNC1=O. The molecule has 3 amide bonds. The standard InChI is InChI=1S/C16H17ClN4O2S/c1-10-12(17)4-3-5-13(10)20-8-7-19-16(20)24-11(2)14(22)21-9-6-18-15(21)23/h3-5,7-8,11H,6,9H2,1-2H3,(H,18,23)/t11-/m0/s1. The molecule has 24 heavy (non-hydrogen) atoms. The molecule has 1 aliphatic heterocycles. The van der Waals surface area contributed by atoms with Gasteiger partial charge in [0.15, 0.2) is 5.16 Å². The first-order valence-electron chi connectivity index (χ1n) is 7.53. The normalized spacial score (nSPS) is 15.5. The third-order valence-electron chi connectivity index (χ3n) is 3.86. The maximum atomic E-state index is 12.4. The third-order valence-corrected chi connectivity index (χ3v) is 5.34. The second kappa shape index (κ2) is 6.86. The van der Waals surface area contributed by atoms with Crippen molar-refractivity contribution in [3.63, 3.8) is 0 Å². The Kier molecular flexibility index (Phi) is 4.82. The van der Waals surface area contributed by atoms with E-state index in [1.165, 1.54) is 16.7 Å². The van der Waals surface area contributed by atoms with Gasteiger partial charge in [0.05, 0.1) is 10.9 Å². The zero-order chi connectivity index (χ0) is 17.3. The van der Waals surface area contributed by atoms with E-state index >= 15 is 0 Å². The smallest absolute Gasteiger partial charge is 0.324 e. The van der Waals surface area contributed by atoms with Gasteiger partial charge in [0.1, 0.15) is 0 Å². The second-order valence-electron chi connectivity index (χ2n) is 5.45.